The normalized spacial score (nSPS) is 13.5. The minimum absolute atomic E-state index is 0.0732. The predicted octanol–water partition coefficient (Wildman–Crippen LogP) is 8.48. The van der Waals surface area contributed by atoms with Crippen LogP contribution in [0.15, 0.2) is 35.2 Å². The minimum Gasteiger partial charge on any atom is -0.507 e. The first-order valence-electron chi connectivity index (χ1n) is 11.2. The topological polar surface area (TPSA) is 40.5 Å². The van der Waals surface area contributed by atoms with E-state index in [1.54, 1.807) is 12.1 Å². The Kier molecular flexibility index (Phi) is 6.94. The molecule has 0 bridgehead atoms. The molecule has 0 amide bonds. The number of rotatable bonds is 5. The van der Waals surface area contributed by atoms with Crippen molar-refractivity contribution in [2.24, 2.45) is 10.8 Å². The number of phenols is 2. The van der Waals surface area contributed by atoms with Gasteiger partial charge >= 0.3 is 0 Å². The second-order valence-corrected chi connectivity index (χ2v) is 13.3. The van der Waals surface area contributed by atoms with Crippen LogP contribution in [-0.4, -0.2) is 10.2 Å². The van der Waals surface area contributed by atoms with Gasteiger partial charge in [-0.1, -0.05) is 81.4 Å². The molecule has 0 aliphatic carbocycles. The van der Waals surface area contributed by atoms with Gasteiger partial charge in [-0.15, -0.1) is 12.6 Å². The molecule has 172 valence electrons. The lowest BCUT2D eigenvalue weighted by atomic mass is 9.71. The van der Waals surface area contributed by atoms with Crippen molar-refractivity contribution in [3.8, 4) is 22.6 Å². The molecule has 0 aliphatic rings. The van der Waals surface area contributed by atoms with Gasteiger partial charge in [0.15, 0.2) is 0 Å². The number of thiol groups is 1. The van der Waals surface area contributed by atoms with Gasteiger partial charge in [0.1, 0.15) is 11.5 Å². The van der Waals surface area contributed by atoms with Gasteiger partial charge in [0.2, 0.25) is 0 Å². The molecule has 2 nitrogen and oxygen atoms in total. The Morgan fingerprint density at radius 3 is 1.68 bits per heavy atom. The lowest BCUT2D eigenvalue weighted by molar-refractivity contribution is 0.281. The largest absolute Gasteiger partial charge is 0.507 e. The molecule has 0 heterocycles. The Bertz CT molecular complexity index is 941. The van der Waals surface area contributed by atoms with E-state index in [1.165, 1.54) is 0 Å². The van der Waals surface area contributed by atoms with Crippen molar-refractivity contribution in [3.05, 3.63) is 41.5 Å². The van der Waals surface area contributed by atoms with Crippen LogP contribution in [0, 0.1) is 10.8 Å². The third-order valence-corrected chi connectivity index (χ3v) is 6.34. The summed E-state index contributed by atoms with van der Waals surface area (Å²) in [6, 6.07) is 9.47. The highest BCUT2D eigenvalue weighted by Gasteiger charge is 2.32. The zero-order valence-electron chi connectivity index (χ0n) is 21.1. The Morgan fingerprint density at radius 2 is 1.16 bits per heavy atom. The lowest BCUT2D eigenvalue weighted by Crippen LogP contribution is -2.25. The molecule has 2 aromatic carbocycles. The number of aromatic hydroxyl groups is 2. The van der Waals surface area contributed by atoms with Crippen LogP contribution in [0.5, 0.6) is 11.5 Å². The highest BCUT2D eigenvalue weighted by atomic mass is 32.1. The summed E-state index contributed by atoms with van der Waals surface area (Å²) in [6.07, 6.45) is 1.98. The fraction of sp³-hybridized carbons (Fsp3) is 0.571. The highest BCUT2D eigenvalue weighted by molar-refractivity contribution is 7.80. The molecule has 0 unspecified atom stereocenters. The Balaban J connectivity index is 2.67. The molecular weight excluding hydrogens is 400 g/mol. The van der Waals surface area contributed by atoms with Crippen LogP contribution in [0.25, 0.3) is 11.1 Å². The molecule has 2 N–H and O–H groups in total. The third-order valence-electron chi connectivity index (χ3n) is 5.88. The molecule has 0 fully saturated rings. The van der Waals surface area contributed by atoms with Crippen LogP contribution < -0.4 is 0 Å². The molecule has 0 radical (unpaired) electrons. The van der Waals surface area contributed by atoms with E-state index in [-0.39, 0.29) is 33.2 Å². The van der Waals surface area contributed by atoms with Crippen LogP contribution >= 0.6 is 12.6 Å². The first-order valence-corrected chi connectivity index (χ1v) is 11.7. The molecular formula is C28H42O2S. The van der Waals surface area contributed by atoms with Gasteiger partial charge in [0.25, 0.3) is 0 Å². The van der Waals surface area contributed by atoms with Crippen molar-refractivity contribution in [2.45, 2.75) is 97.8 Å². The third kappa shape index (κ3) is 6.22. The van der Waals surface area contributed by atoms with Gasteiger partial charge < -0.3 is 10.2 Å². The fourth-order valence-electron chi connectivity index (χ4n) is 5.40. The van der Waals surface area contributed by atoms with E-state index in [0.29, 0.717) is 11.1 Å². The molecule has 0 saturated carbocycles. The summed E-state index contributed by atoms with van der Waals surface area (Å²) < 4.78 is 0. The van der Waals surface area contributed by atoms with E-state index in [9.17, 15) is 10.2 Å². The van der Waals surface area contributed by atoms with Crippen molar-refractivity contribution in [2.75, 3.05) is 0 Å². The molecule has 2 aromatic rings. The van der Waals surface area contributed by atoms with E-state index >= 15 is 0 Å². The molecule has 0 aliphatic heterocycles. The van der Waals surface area contributed by atoms with E-state index in [1.807, 2.05) is 18.2 Å². The summed E-state index contributed by atoms with van der Waals surface area (Å²) in [5.41, 5.74) is 3.59. The smallest absolute Gasteiger partial charge is 0.124 e. The molecule has 0 saturated heterocycles. The molecule has 0 spiro atoms. The average molecular weight is 443 g/mol. The summed E-state index contributed by atoms with van der Waals surface area (Å²) in [4.78, 5) is 0.732. The Hall–Kier alpha value is -1.61. The minimum atomic E-state index is -0.128. The van der Waals surface area contributed by atoms with Crippen LogP contribution in [0.2, 0.25) is 0 Å². The maximum absolute atomic E-state index is 10.8. The van der Waals surface area contributed by atoms with Crippen LogP contribution in [0.4, 0.5) is 0 Å². The highest BCUT2D eigenvalue weighted by Crippen LogP contribution is 2.48. The van der Waals surface area contributed by atoms with Crippen LogP contribution in [-0.2, 0) is 10.8 Å². The Labute approximate surface area is 195 Å². The first kappa shape index (κ1) is 25.6. The number of benzene rings is 2. The molecule has 2 rings (SSSR count). The second kappa shape index (κ2) is 8.39. The van der Waals surface area contributed by atoms with E-state index in [2.05, 4.69) is 69.2 Å². The summed E-state index contributed by atoms with van der Waals surface area (Å²) in [5.74, 6) is 0.299. The van der Waals surface area contributed by atoms with Gasteiger partial charge in [0.05, 0.1) is 0 Å². The van der Waals surface area contributed by atoms with Gasteiger partial charge in [-0.3, -0.25) is 0 Å². The van der Waals surface area contributed by atoms with E-state index in [0.717, 1.165) is 28.9 Å². The quantitative estimate of drug-likeness (QED) is 0.406. The van der Waals surface area contributed by atoms with Crippen molar-refractivity contribution in [1.29, 1.82) is 0 Å². The summed E-state index contributed by atoms with van der Waals surface area (Å²) in [5, 5.41) is 21.6. The number of hydrogen-bond donors (Lipinski definition) is 3. The fourth-order valence-corrected chi connectivity index (χ4v) is 6.01. The molecule has 0 aromatic heterocycles. The van der Waals surface area contributed by atoms with E-state index < -0.39 is 0 Å². The van der Waals surface area contributed by atoms with Crippen molar-refractivity contribution >= 4 is 12.6 Å². The van der Waals surface area contributed by atoms with Gasteiger partial charge in [-0.05, 0) is 63.8 Å². The van der Waals surface area contributed by atoms with Crippen molar-refractivity contribution in [3.63, 3.8) is 0 Å². The predicted molar refractivity (Wildman–Crippen MR) is 137 cm³/mol. The zero-order chi connectivity index (χ0) is 24.0. The monoisotopic (exact) mass is 442 g/mol. The Morgan fingerprint density at radius 1 is 0.677 bits per heavy atom. The van der Waals surface area contributed by atoms with Crippen LogP contribution in [0.3, 0.4) is 0 Å². The van der Waals surface area contributed by atoms with Crippen LogP contribution in [0.1, 0.15) is 93.2 Å². The molecule has 3 heteroatoms. The SMILES string of the molecule is CC(C)(C)CC(C)(C)c1ccc(O)c(-c2c(O)ccc(C(C)(C)CC(C)(C)C)c2S)c1. The van der Waals surface area contributed by atoms with Crippen molar-refractivity contribution < 1.29 is 10.2 Å². The summed E-state index contributed by atoms with van der Waals surface area (Å²) in [6.45, 7) is 22.4. The zero-order valence-corrected chi connectivity index (χ0v) is 22.0. The second-order valence-electron chi connectivity index (χ2n) is 12.8. The van der Waals surface area contributed by atoms with Gasteiger partial charge in [-0.25, -0.2) is 0 Å². The molecule has 31 heavy (non-hydrogen) atoms. The maximum Gasteiger partial charge on any atom is 0.124 e. The summed E-state index contributed by atoms with van der Waals surface area (Å²) >= 11 is 4.89. The standard InChI is InChI=1S/C28H42O2S/c1-25(2,3)16-27(7,8)18-11-13-21(29)19(15-18)23-22(30)14-12-20(24(23)31)28(9,10)17-26(4,5)6/h11-15,29-31H,16-17H2,1-10H3. The van der Waals surface area contributed by atoms with Crippen molar-refractivity contribution in [1.82, 2.24) is 0 Å². The first-order chi connectivity index (χ1) is 13.8. The maximum atomic E-state index is 10.8. The average Bonchev–Trinajstić information content (AvgIpc) is 2.51. The summed E-state index contributed by atoms with van der Waals surface area (Å²) in [7, 11) is 0. The van der Waals surface area contributed by atoms with E-state index in [4.69, 9.17) is 12.6 Å². The number of hydrogen-bond acceptors (Lipinski definition) is 3. The molecule has 0 atom stereocenters. The van der Waals surface area contributed by atoms with Gasteiger partial charge in [0, 0.05) is 16.0 Å². The van der Waals surface area contributed by atoms with Gasteiger partial charge in [-0.2, -0.15) is 0 Å². The number of phenolic OH excluding ortho intramolecular Hbond substituents is 2. The lowest BCUT2D eigenvalue weighted by Gasteiger charge is -2.35.